The van der Waals surface area contributed by atoms with Crippen molar-refractivity contribution in [2.24, 2.45) is 0 Å². The fourth-order valence-corrected chi connectivity index (χ4v) is 0.997. The van der Waals surface area contributed by atoms with E-state index in [0.29, 0.717) is 5.13 Å². The monoisotopic (exact) mass is 139 g/mol. The zero-order chi connectivity index (χ0) is 6.69. The summed E-state index contributed by atoms with van der Waals surface area (Å²) in [6, 6.07) is 0. The van der Waals surface area contributed by atoms with Crippen molar-refractivity contribution in [3.8, 4) is 0 Å². The molecule has 1 aromatic heterocycles. The second kappa shape index (κ2) is 2.55. The van der Waals surface area contributed by atoms with Gasteiger partial charge in [0.25, 0.3) is 0 Å². The lowest BCUT2D eigenvalue weighted by Crippen LogP contribution is -1.74. The Bertz CT molecular complexity index is 235. The van der Waals surface area contributed by atoms with Crippen LogP contribution in [-0.2, 0) is 6.42 Å². The fourth-order valence-electron chi connectivity index (χ4n) is 0.433. The minimum Gasteiger partial charge on any atom is -0.350 e. The standard InChI is InChI=1S/C5H5N3S/c1-3-4-7-8-5(6-2)9-4/h3H2,1H3. The molecule has 0 radical (unpaired) electrons. The molecule has 9 heavy (non-hydrogen) atoms. The van der Waals surface area contributed by atoms with Crippen molar-refractivity contribution in [3.63, 3.8) is 0 Å². The molecular weight excluding hydrogens is 134 g/mol. The van der Waals surface area contributed by atoms with Crippen molar-refractivity contribution in [1.82, 2.24) is 10.2 Å². The fraction of sp³-hybridized carbons (Fsp3) is 0.400. The third-order valence-electron chi connectivity index (χ3n) is 0.854. The highest BCUT2D eigenvalue weighted by Gasteiger charge is 2.00. The highest BCUT2D eigenvalue weighted by Crippen LogP contribution is 2.17. The van der Waals surface area contributed by atoms with E-state index < -0.39 is 0 Å². The van der Waals surface area contributed by atoms with E-state index in [1.54, 1.807) is 0 Å². The van der Waals surface area contributed by atoms with E-state index in [2.05, 4.69) is 15.0 Å². The number of hydrogen-bond donors (Lipinski definition) is 0. The zero-order valence-corrected chi connectivity index (χ0v) is 5.77. The summed E-state index contributed by atoms with van der Waals surface area (Å²) in [4.78, 5) is 3.13. The maximum absolute atomic E-state index is 6.57. The summed E-state index contributed by atoms with van der Waals surface area (Å²) in [6.07, 6.45) is 0.868. The molecule has 0 aliphatic heterocycles. The molecule has 0 aliphatic carbocycles. The van der Waals surface area contributed by atoms with Gasteiger partial charge in [-0.3, -0.25) is 0 Å². The van der Waals surface area contributed by atoms with E-state index in [0.717, 1.165) is 11.4 Å². The SMILES string of the molecule is [C-]#[N+]c1nnc(CC)s1. The predicted octanol–water partition coefficient (Wildman–Crippen LogP) is 1.65. The molecular formula is C5H5N3S. The Morgan fingerprint density at radius 2 is 2.44 bits per heavy atom. The molecule has 0 spiro atoms. The van der Waals surface area contributed by atoms with Gasteiger partial charge >= 0.3 is 5.13 Å². The molecule has 1 aromatic rings. The molecule has 0 unspecified atom stereocenters. The number of nitrogens with zero attached hydrogens (tertiary/aromatic N) is 3. The Balaban J connectivity index is 2.90. The van der Waals surface area contributed by atoms with Crippen LogP contribution in [0.1, 0.15) is 11.9 Å². The first-order chi connectivity index (χ1) is 4.36. The van der Waals surface area contributed by atoms with Crippen LogP contribution in [0.4, 0.5) is 5.13 Å². The van der Waals surface area contributed by atoms with Crippen molar-refractivity contribution >= 4 is 16.5 Å². The lowest BCUT2D eigenvalue weighted by molar-refractivity contribution is 0.989. The topological polar surface area (TPSA) is 30.1 Å². The van der Waals surface area contributed by atoms with E-state index in [9.17, 15) is 0 Å². The van der Waals surface area contributed by atoms with Gasteiger partial charge in [0.2, 0.25) is 0 Å². The van der Waals surface area contributed by atoms with Gasteiger partial charge in [-0.15, -0.1) is 11.3 Å². The molecule has 0 amide bonds. The minimum atomic E-state index is 0.437. The normalized spacial score (nSPS) is 8.89. The molecule has 0 N–H and O–H groups in total. The summed E-state index contributed by atoms with van der Waals surface area (Å²) in [6.45, 7) is 8.56. The average molecular weight is 139 g/mol. The van der Waals surface area contributed by atoms with E-state index in [1.165, 1.54) is 11.3 Å². The van der Waals surface area contributed by atoms with Crippen molar-refractivity contribution in [3.05, 3.63) is 16.4 Å². The van der Waals surface area contributed by atoms with Gasteiger partial charge in [-0.25, -0.2) is 0 Å². The highest BCUT2D eigenvalue weighted by molar-refractivity contribution is 7.15. The molecule has 3 nitrogen and oxygen atoms in total. The van der Waals surface area contributed by atoms with Gasteiger partial charge in [0.05, 0.1) is 0 Å². The van der Waals surface area contributed by atoms with Gasteiger partial charge in [0, 0.05) is 5.10 Å². The molecule has 0 bridgehead atoms. The van der Waals surface area contributed by atoms with Gasteiger partial charge in [0.1, 0.15) is 5.01 Å². The van der Waals surface area contributed by atoms with Crippen LogP contribution in [0, 0.1) is 6.57 Å². The van der Waals surface area contributed by atoms with Gasteiger partial charge in [-0.2, -0.15) is 0 Å². The molecule has 0 aromatic carbocycles. The number of hydrogen-bond acceptors (Lipinski definition) is 3. The van der Waals surface area contributed by atoms with Crippen LogP contribution in [0.25, 0.3) is 4.85 Å². The summed E-state index contributed by atoms with van der Waals surface area (Å²) in [5.41, 5.74) is 0. The smallest absolute Gasteiger partial charge is 0.350 e. The molecule has 1 heterocycles. The van der Waals surface area contributed by atoms with Crippen LogP contribution in [0.5, 0.6) is 0 Å². The van der Waals surface area contributed by atoms with Crippen molar-refractivity contribution in [2.75, 3.05) is 0 Å². The number of rotatable bonds is 1. The minimum absolute atomic E-state index is 0.437. The van der Waals surface area contributed by atoms with Gasteiger partial charge in [-0.1, -0.05) is 13.5 Å². The molecule has 0 fully saturated rings. The lowest BCUT2D eigenvalue weighted by atomic mass is 10.5. The Labute approximate surface area is 57.2 Å². The van der Waals surface area contributed by atoms with Gasteiger partial charge in [0.15, 0.2) is 0 Å². The molecule has 0 aliphatic rings. The van der Waals surface area contributed by atoms with Crippen molar-refractivity contribution < 1.29 is 0 Å². The van der Waals surface area contributed by atoms with E-state index in [4.69, 9.17) is 6.57 Å². The van der Waals surface area contributed by atoms with Crippen molar-refractivity contribution in [1.29, 1.82) is 0 Å². The summed E-state index contributed by atoms with van der Waals surface area (Å²) in [7, 11) is 0. The molecule has 0 atom stereocenters. The van der Waals surface area contributed by atoms with Crippen LogP contribution in [0.3, 0.4) is 0 Å². The summed E-state index contributed by atoms with van der Waals surface area (Å²) in [5, 5.41) is 8.75. The molecule has 0 saturated heterocycles. The first-order valence-electron chi connectivity index (χ1n) is 2.56. The first-order valence-corrected chi connectivity index (χ1v) is 3.38. The molecule has 46 valence electrons. The third kappa shape index (κ3) is 1.24. The van der Waals surface area contributed by atoms with E-state index in [-0.39, 0.29) is 0 Å². The van der Waals surface area contributed by atoms with E-state index >= 15 is 0 Å². The summed E-state index contributed by atoms with van der Waals surface area (Å²) < 4.78 is 0. The zero-order valence-electron chi connectivity index (χ0n) is 4.96. The van der Waals surface area contributed by atoms with Crippen LogP contribution < -0.4 is 0 Å². The van der Waals surface area contributed by atoms with Crippen LogP contribution in [0.15, 0.2) is 0 Å². The van der Waals surface area contributed by atoms with E-state index in [1.807, 2.05) is 6.92 Å². The number of aromatic nitrogens is 2. The van der Waals surface area contributed by atoms with Crippen molar-refractivity contribution in [2.45, 2.75) is 13.3 Å². The quantitative estimate of drug-likeness (QED) is 0.554. The third-order valence-corrected chi connectivity index (χ3v) is 1.82. The van der Waals surface area contributed by atoms with Crippen LogP contribution >= 0.6 is 11.3 Å². The van der Waals surface area contributed by atoms with Gasteiger partial charge < -0.3 is 4.85 Å². The van der Waals surface area contributed by atoms with Crippen LogP contribution in [-0.4, -0.2) is 10.2 Å². The first kappa shape index (κ1) is 6.17. The highest BCUT2D eigenvalue weighted by atomic mass is 32.1. The maximum atomic E-state index is 6.57. The predicted molar refractivity (Wildman–Crippen MR) is 35.5 cm³/mol. The second-order valence-electron chi connectivity index (χ2n) is 1.44. The average Bonchev–Trinajstić information content (AvgIpc) is 2.34. The van der Waals surface area contributed by atoms with Gasteiger partial charge in [-0.05, 0) is 11.5 Å². The summed E-state index contributed by atoms with van der Waals surface area (Å²) in [5.74, 6) is 0. The lowest BCUT2D eigenvalue weighted by Gasteiger charge is -1.74. The Hall–Kier alpha value is -0.950. The molecule has 0 saturated carbocycles. The largest absolute Gasteiger partial charge is 0.355 e. The Morgan fingerprint density at radius 1 is 1.67 bits per heavy atom. The maximum Gasteiger partial charge on any atom is 0.355 e. The molecule has 4 heteroatoms. The number of aryl methyl sites for hydroxylation is 1. The Morgan fingerprint density at radius 3 is 2.78 bits per heavy atom. The summed E-state index contributed by atoms with van der Waals surface area (Å²) >= 11 is 1.36. The Kier molecular flexibility index (Phi) is 1.75. The van der Waals surface area contributed by atoms with Crippen LogP contribution in [0.2, 0.25) is 0 Å². The second-order valence-corrected chi connectivity index (χ2v) is 2.48. The molecule has 1 rings (SSSR count).